The summed E-state index contributed by atoms with van der Waals surface area (Å²) in [6, 6.07) is 1.50. The summed E-state index contributed by atoms with van der Waals surface area (Å²) in [7, 11) is 1.31. The zero-order chi connectivity index (χ0) is 14.9. The van der Waals surface area contributed by atoms with Crippen molar-refractivity contribution in [1.29, 1.82) is 0 Å². The molecular formula is C14H16ClNO4. The van der Waals surface area contributed by atoms with Gasteiger partial charge in [0.1, 0.15) is 11.3 Å². The van der Waals surface area contributed by atoms with Gasteiger partial charge in [-0.25, -0.2) is 4.79 Å². The Labute approximate surface area is 122 Å². The van der Waals surface area contributed by atoms with E-state index in [1.54, 1.807) is 4.90 Å². The van der Waals surface area contributed by atoms with Gasteiger partial charge in [0, 0.05) is 19.0 Å². The van der Waals surface area contributed by atoms with Crippen molar-refractivity contribution in [3.05, 3.63) is 22.2 Å². The Morgan fingerprint density at radius 2 is 2.15 bits per heavy atom. The number of benzene rings is 1. The molecule has 0 atom stereocenters. The maximum Gasteiger partial charge on any atom is 0.341 e. The predicted octanol–water partition coefficient (Wildman–Crippen LogP) is 2.43. The first-order chi connectivity index (χ1) is 9.51. The van der Waals surface area contributed by atoms with Crippen LogP contribution in [0.1, 0.15) is 29.8 Å². The van der Waals surface area contributed by atoms with E-state index in [2.05, 4.69) is 0 Å². The molecule has 108 valence electrons. The van der Waals surface area contributed by atoms with E-state index < -0.39 is 5.97 Å². The van der Waals surface area contributed by atoms with Crippen molar-refractivity contribution in [3.63, 3.8) is 0 Å². The van der Waals surface area contributed by atoms with Crippen molar-refractivity contribution >= 4 is 29.2 Å². The van der Waals surface area contributed by atoms with E-state index in [0.29, 0.717) is 41.6 Å². The number of rotatable bonds is 3. The van der Waals surface area contributed by atoms with Gasteiger partial charge in [-0.3, -0.25) is 4.79 Å². The summed E-state index contributed by atoms with van der Waals surface area (Å²) in [6.45, 7) is 4.27. The highest BCUT2D eigenvalue weighted by Crippen LogP contribution is 2.43. The van der Waals surface area contributed by atoms with Crippen LogP contribution in [-0.4, -0.2) is 32.1 Å². The van der Waals surface area contributed by atoms with Crippen LogP contribution in [0, 0.1) is 0 Å². The predicted molar refractivity (Wildman–Crippen MR) is 75.7 cm³/mol. The molecule has 1 aliphatic heterocycles. The number of esters is 1. The van der Waals surface area contributed by atoms with Gasteiger partial charge < -0.3 is 14.4 Å². The lowest BCUT2D eigenvalue weighted by Crippen LogP contribution is -2.26. The molecule has 5 nitrogen and oxygen atoms in total. The van der Waals surface area contributed by atoms with Gasteiger partial charge in [0.2, 0.25) is 5.91 Å². The summed E-state index contributed by atoms with van der Waals surface area (Å²) in [6.07, 6.45) is 0.606. The molecule has 0 unspecified atom stereocenters. The highest BCUT2D eigenvalue weighted by Gasteiger charge is 2.31. The molecule has 2 rings (SSSR count). The van der Waals surface area contributed by atoms with Crippen molar-refractivity contribution in [1.82, 2.24) is 0 Å². The molecule has 0 radical (unpaired) electrons. The molecular weight excluding hydrogens is 282 g/mol. The van der Waals surface area contributed by atoms with E-state index in [9.17, 15) is 9.59 Å². The van der Waals surface area contributed by atoms with Crippen LogP contribution in [0.3, 0.4) is 0 Å². The second kappa shape index (κ2) is 5.71. The third kappa shape index (κ3) is 2.33. The van der Waals surface area contributed by atoms with Crippen LogP contribution >= 0.6 is 11.6 Å². The van der Waals surface area contributed by atoms with Gasteiger partial charge in [-0.05, 0) is 19.4 Å². The van der Waals surface area contributed by atoms with Crippen LogP contribution in [0.25, 0.3) is 0 Å². The largest absolute Gasteiger partial charge is 0.493 e. The molecule has 0 saturated heterocycles. The van der Waals surface area contributed by atoms with Gasteiger partial charge >= 0.3 is 5.97 Å². The van der Waals surface area contributed by atoms with Crippen molar-refractivity contribution in [2.24, 2.45) is 0 Å². The zero-order valence-electron chi connectivity index (χ0n) is 11.7. The van der Waals surface area contributed by atoms with Crippen LogP contribution in [0.2, 0.25) is 5.02 Å². The lowest BCUT2D eigenvalue weighted by Gasteiger charge is -2.19. The summed E-state index contributed by atoms with van der Waals surface area (Å²) >= 11 is 6.23. The van der Waals surface area contributed by atoms with Crippen molar-refractivity contribution in [2.75, 3.05) is 25.2 Å². The van der Waals surface area contributed by atoms with Crippen LogP contribution < -0.4 is 9.64 Å². The molecule has 0 aliphatic carbocycles. The highest BCUT2D eigenvalue weighted by atomic mass is 35.5. The molecule has 0 spiro atoms. The number of anilines is 1. The Morgan fingerprint density at radius 3 is 2.70 bits per heavy atom. The molecule has 0 aromatic heterocycles. The van der Waals surface area contributed by atoms with Gasteiger partial charge in [0.05, 0.1) is 24.4 Å². The molecule has 20 heavy (non-hydrogen) atoms. The lowest BCUT2D eigenvalue weighted by atomic mass is 10.1. The van der Waals surface area contributed by atoms with Gasteiger partial charge in [-0.1, -0.05) is 11.6 Å². The Hall–Kier alpha value is -1.75. The minimum Gasteiger partial charge on any atom is -0.493 e. The van der Waals surface area contributed by atoms with E-state index in [4.69, 9.17) is 21.1 Å². The molecule has 1 aromatic rings. The molecule has 0 saturated carbocycles. The number of nitrogens with zero attached hydrogens (tertiary/aromatic N) is 1. The molecule has 1 heterocycles. The molecule has 0 N–H and O–H groups in total. The number of hydrogen-bond acceptors (Lipinski definition) is 4. The second-order valence-electron chi connectivity index (χ2n) is 4.41. The average Bonchev–Trinajstić information content (AvgIpc) is 2.86. The first-order valence-corrected chi connectivity index (χ1v) is 6.73. The summed E-state index contributed by atoms with van der Waals surface area (Å²) in [5.74, 6) is -0.124. The normalized spacial score (nSPS) is 13.1. The summed E-state index contributed by atoms with van der Waals surface area (Å²) in [4.78, 5) is 25.1. The van der Waals surface area contributed by atoms with Crippen LogP contribution in [0.5, 0.6) is 5.75 Å². The Morgan fingerprint density at radius 1 is 1.45 bits per heavy atom. The quantitative estimate of drug-likeness (QED) is 0.804. The van der Waals surface area contributed by atoms with Crippen molar-refractivity contribution in [2.45, 2.75) is 20.3 Å². The summed E-state index contributed by atoms with van der Waals surface area (Å²) in [5.41, 5.74) is 1.72. The van der Waals surface area contributed by atoms with Crippen LogP contribution in [0.15, 0.2) is 6.07 Å². The Balaban J connectivity index is 2.64. The molecule has 1 amide bonds. The number of ether oxygens (including phenoxy) is 2. The number of carbonyl (C=O) groups is 2. The van der Waals surface area contributed by atoms with Crippen LogP contribution in [0.4, 0.5) is 5.69 Å². The zero-order valence-corrected chi connectivity index (χ0v) is 12.4. The number of halogens is 1. The second-order valence-corrected chi connectivity index (χ2v) is 4.81. The van der Waals surface area contributed by atoms with E-state index in [0.717, 1.165) is 5.56 Å². The molecule has 0 bridgehead atoms. The average molecular weight is 298 g/mol. The fourth-order valence-corrected chi connectivity index (χ4v) is 2.74. The standard InChI is InChI=1S/C14H16ClNO4/c1-4-20-13-9-5-6-16(8(2)17)12(9)11(15)7-10(13)14(18)19-3/h7H,4-6H2,1-3H3. The third-order valence-corrected chi connectivity index (χ3v) is 3.52. The summed E-state index contributed by atoms with van der Waals surface area (Å²) in [5, 5.41) is 0.358. The smallest absolute Gasteiger partial charge is 0.341 e. The number of hydrogen-bond donors (Lipinski definition) is 0. The Bertz CT molecular complexity index is 571. The number of fused-ring (bicyclic) bond motifs is 1. The molecule has 6 heteroatoms. The van der Waals surface area contributed by atoms with E-state index in [-0.39, 0.29) is 5.91 Å². The van der Waals surface area contributed by atoms with Gasteiger partial charge in [-0.15, -0.1) is 0 Å². The van der Waals surface area contributed by atoms with Crippen molar-refractivity contribution in [3.8, 4) is 5.75 Å². The SMILES string of the molecule is CCOc1c(C(=O)OC)cc(Cl)c2c1CCN2C(C)=O. The highest BCUT2D eigenvalue weighted by molar-refractivity contribution is 6.34. The third-order valence-electron chi connectivity index (χ3n) is 3.23. The molecule has 1 aromatic carbocycles. The fraction of sp³-hybridized carbons (Fsp3) is 0.429. The van der Waals surface area contributed by atoms with E-state index in [1.807, 2.05) is 6.92 Å². The van der Waals surface area contributed by atoms with Crippen molar-refractivity contribution < 1.29 is 19.1 Å². The maximum atomic E-state index is 11.8. The van der Waals surface area contributed by atoms with Crippen LogP contribution in [-0.2, 0) is 16.0 Å². The minimum absolute atomic E-state index is 0.0843. The lowest BCUT2D eigenvalue weighted by molar-refractivity contribution is -0.116. The first-order valence-electron chi connectivity index (χ1n) is 6.35. The number of carbonyl (C=O) groups excluding carboxylic acids is 2. The first kappa shape index (κ1) is 14.7. The van der Waals surface area contributed by atoms with E-state index >= 15 is 0 Å². The number of amides is 1. The molecule has 0 fully saturated rings. The molecule has 1 aliphatic rings. The summed E-state index contributed by atoms with van der Waals surface area (Å²) < 4.78 is 10.3. The topological polar surface area (TPSA) is 55.8 Å². The Kier molecular flexibility index (Phi) is 4.18. The fourth-order valence-electron chi connectivity index (χ4n) is 2.42. The van der Waals surface area contributed by atoms with E-state index in [1.165, 1.54) is 20.1 Å². The maximum absolute atomic E-state index is 11.8. The van der Waals surface area contributed by atoms with Gasteiger partial charge in [-0.2, -0.15) is 0 Å². The monoisotopic (exact) mass is 297 g/mol. The number of methoxy groups -OCH3 is 1. The van der Waals surface area contributed by atoms with Gasteiger partial charge in [0.15, 0.2) is 0 Å². The minimum atomic E-state index is -0.501. The van der Waals surface area contributed by atoms with Gasteiger partial charge in [0.25, 0.3) is 0 Å².